The minimum atomic E-state index is -3.78. The number of nitrogens with two attached hydrogens (primary N) is 1. The summed E-state index contributed by atoms with van der Waals surface area (Å²) in [7, 11) is -3.78. The first kappa shape index (κ1) is 15.8. The second-order valence-electron chi connectivity index (χ2n) is 4.56. The number of sulfonamides is 1. The van der Waals surface area contributed by atoms with Crippen LogP contribution in [0, 0.1) is 12.7 Å². The van der Waals surface area contributed by atoms with Gasteiger partial charge in [0, 0.05) is 22.8 Å². The van der Waals surface area contributed by atoms with E-state index >= 15 is 0 Å². The summed E-state index contributed by atoms with van der Waals surface area (Å²) in [6.45, 7) is 1.85. The molecule has 3 N–H and O–H groups in total. The van der Waals surface area contributed by atoms with Crippen LogP contribution in [0.2, 0.25) is 5.02 Å². The molecule has 0 aliphatic carbocycles. The highest BCUT2D eigenvalue weighted by Crippen LogP contribution is 2.23. The summed E-state index contributed by atoms with van der Waals surface area (Å²) < 4.78 is 36.6. The topological polar surface area (TPSA) is 72.2 Å². The van der Waals surface area contributed by atoms with Crippen molar-refractivity contribution in [3.63, 3.8) is 0 Å². The Balaban J connectivity index is 2.25. The molecule has 0 saturated heterocycles. The van der Waals surface area contributed by atoms with Gasteiger partial charge in [0.15, 0.2) is 0 Å². The van der Waals surface area contributed by atoms with Crippen LogP contribution in [-0.2, 0) is 16.6 Å². The third kappa shape index (κ3) is 3.72. The Morgan fingerprint density at radius 2 is 2.00 bits per heavy atom. The first-order chi connectivity index (χ1) is 9.79. The van der Waals surface area contributed by atoms with Crippen LogP contribution in [0.3, 0.4) is 0 Å². The van der Waals surface area contributed by atoms with Gasteiger partial charge in [0.05, 0.1) is 4.90 Å². The van der Waals surface area contributed by atoms with Gasteiger partial charge in [-0.1, -0.05) is 23.7 Å². The van der Waals surface area contributed by atoms with Crippen LogP contribution in [0.5, 0.6) is 0 Å². The van der Waals surface area contributed by atoms with Crippen molar-refractivity contribution in [1.29, 1.82) is 0 Å². The summed E-state index contributed by atoms with van der Waals surface area (Å²) in [5.74, 6) is -0.421. The molecule has 0 aromatic heterocycles. The van der Waals surface area contributed by atoms with Gasteiger partial charge in [-0.2, -0.15) is 0 Å². The Bertz CT molecular complexity index is 779. The Kier molecular flexibility index (Phi) is 4.51. The molecule has 0 saturated carbocycles. The molecule has 2 aromatic rings. The highest BCUT2D eigenvalue weighted by atomic mass is 35.5. The van der Waals surface area contributed by atoms with Gasteiger partial charge in [-0.25, -0.2) is 17.9 Å². The maximum atomic E-state index is 13.7. The van der Waals surface area contributed by atoms with Crippen molar-refractivity contribution in [3.05, 3.63) is 58.4 Å². The summed E-state index contributed by atoms with van der Waals surface area (Å²) in [4.78, 5) is 0.0454. The average molecular weight is 329 g/mol. The first-order valence-corrected chi connectivity index (χ1v) is 8.01. The van der Waals surface area contributed by atoms with Crippen molar-refractivity contribution in [2.24, 2.45) is 5.14 Å². The van der Waals surface area contributed by atoms with Gasteiger partial charge in [0.1, 0.15) is 5.82 Å². The highest BCUT2D eigenvalue weighted by Gasteiger charge is 2.13. The van der Waals surface area contributed by atoms with Crippen LogP contribution in [-0.4, -0.2) is 8.42 Å². The largest absolute Gasteiger partial charge is 0.381 e. The Hall–Kier alpha value is -1.63. The standard InChI is InChI=1S/C14H14ClFN2O2S/c1-9-13(3-2-4-14(9)21(17,19)20)18-8-10-5-6-11(15)7-12(10)16/h2-7,18H,8H2,1H3,(H2,17,19,20). The molecular weight excluding hydrogens is 315 g/mol. The van der Waals surface area contributed by atoms with Crippen molar-refractivity contribution in [3.8, 4) is 0 Å². The smallest absolute Gasteiger partial charge is 0.238 e. The van der Waals surface area contributed by atoms with E-state index < -0.39 is 15.8 Å². The monoisotopic (exact) mass is 328 g/mol. The van der Waals surface area contributed by atoms with Crippen molar-refractivity contribution in [2.75, 3.05) is 5.32 Å². The molecule has 0 spiro atoms. The van der Waals surface area contributed by atoms with E-state index in [-0.39, 0.29) is 11.4 Å². The van der Waals surface area contributed by atoms with Crippen LogP contribution < -0.4 is 10.5 Å². The van der Waals surface area contributed by atoms with Gasteiger partial charge in [-0.15, -0.1) is 0 Å². The maximum absolute atomic E-state index is 13.7. The molecule has 0 radical (unpaired) electrons. The second kappa shape index (κ2) is 6.01. The minimum absolute atomic E-state index is 0.0454. The molecular formula is C14H14ClFN2O2S. The van der Waals surface area contributed by atoms with Crippen LogP contribution in [0.4, 0.5) is 10.1 Å². The SMILES string of the molecule is Cc1c(NCc2ccc(Cl)cc2F)cccc1S(N)(=O)=O. The fourth-order valence-corrected chi connectivity index (χ4v) is 2.93. The third-order valence-corrected chi connectivity index (χ3v) is 4.37. The van der Waals surface area contributed by atoms with E-state index in [4.69, 9.17) is 16.7 Å². The lowest BCUT2D eigenvalue weighted by Gasteiger charge is -2.12. The zero-order valence-corrected chi connectivity index (χ0v) is 12.8. The predicted octanol–water partition coefficient (Wildman–Crippen LogP) is 3.05. The molecule has 0 bridgehead atoms. The molecule has 0 aliphatic rings. The van der Waals surface area contributed by atoms with E-state index in [1.165, 1.54) is 12.1 Å². The fraction of sp³-hybridized carbons (Fsp3) is 0.143. The van der Waals surface area contributed by atoms with Gasteiger partial charge in [-0.05, 0) is 36.8 Å². The summed E-state index contributed by atoms with van der Waals surface area (Å²) in [6, 6.07) is 9.11. The Morgan fingerprint density at radius 3 is 2.62 bits per heavy atom. The van der Waals surface area contributed by atoms with E-state index in [1.807, 2.05) is 0 Å². The van der Waals surface area contributed by atoms with Crippen molar-refractivity contribution in [2.45, 2.75) is 18.4 Å². The number of hydrogen-bond acceptors (Lipinski definition) is 3. The first-order valence-electron chi connectivity index (χ1n) is 6.09. The Morgan fingerprint density at radius 1 is 1.29 bits per heavy atom. The van der Waals surface area contributed by atoms with E-state index in [2.05, 4.69) is 5.32 Å². The number of benzene rings is 2. The molecule has 4 nitrogen and oxygen atoms in total. The normalized spacial score (nSPS) is 11.4. The van der Waals surface area contributed by atoms with Crippen molar-refractivity contribution in [1.82, 2.24) is 0 Å². The van der Waals surface area contributed by atoms with Gasteiger partial charge in [0.2, 0.25) is 10.0 Å². The minimum Gasteiger partial charge on any atom is -0.381 e. The third-order valence-electron chi connectivity index (χ3n) is 3.08. The van der Waals surface area contributed by atoms with Crippen molar-refractivity contribution >= 4 is 27.3 Å². The molecule has 2 aromatic carbocycles. The number of rotatable bonds is 4. The van der Waals surface area contributed by atoms with Crippen LogP contribution >= 0.6 is 11.6 Å². The quantitative estimate of drug-likeness (QED) is 0.906. The maximum Gasteiger partial charge on any atom is 0.238 e. The molecule has 7 heteroatoms. The summed E-state index contributed by atoms with van der Waals surface area (Å²) in [5, 5.41) is 8.47. The average Bonchev–Trinajstić information content (AvgIpc) is 2.38. The molecule has 21 heavy (non-hydrogen) atoms. The molecule has 0 atom stereocenters. The molecule has 2 rings (SSSR count). The van der Waals surface area contributed by atoms with Crippen LogP contribution in [0.1, 0.15) is 11.1 Å². The number of primary sulfonamides is 1. The summed E-state index contributed by atoms with van der Waals surface area (Å²) >= 11 is 5.69. The lowest BCUT2D eigenvalue weighted by Crippen LogP contribution is -2.14. The van der Waals surface area contributed by atoms with Gasteiger partial charge in [-0.3, -0.25) is 0 Å². The number of anilines is 1. The summed E-state index contributed by atoms with van der Waals surface area (Å²) in [6.07, 6.45) is 0. The van der Waals surface area contributed by atoms with Crippen LogP contribution in [0.25, 0.3) is 0 Å². The molecule has 0 unspecified atom stereocenters. The van der Waals surface area contributed by atoms with Gasteiger partial charge >= 0.3 is 0 Å². The zero-order chi connectivity index (χ0) is 15.6. The highest BCUT2D eigenvalue weighted by molar-refractivity contribution is 7.89. The predicted molar refractivity (Wildman–Crippen MR) is 81.3 cm³/mol. The fourth-order valence-electron chi connectivity index (χ4n) is 1.97. The lowest BCUT2D eigenvalue weighted by atomic mass is 10.1. The number of hydrogen-bond donors (Lipinski definition) is 2. The molecule has 0 fully saturated rings. The number of nitrogens with one attached hydrogen (secondary N) is 1. The lowest BCUT2D eigenvalue weighted by molar-refractivity contribution is 0.597. The second-order valence-corrected chi connectivity index (χ2v) is 6.53. The number of halogens is 2. The van der Waals surface area contributed by atoms with E-state index in [0.29, 0.717) is 21.8 Å². The van der Waals surface area contributed by atoms with Gasteiger partial charge in [0.25, 0.3) is 0 Å². The van der Waals surface area contributed by atoms with E-state index in [9.17, 15) is 12.8 Å². The summed E-state index contributed by atoms with van der Waals surface area (Å²) in [5.41, 5.74) is 1.50. The molecule has 112 valence electrons. The van der Waals surface area contributed by atoms with Crippen molar-refractivity contribution < 1.29 is 12.8 Å². The zero-order valence-electron chi connectivity index (χ0n) is 11.2. The Labute approximate surface area is 127 Å². The van der Waals surface area contributed by atoms with E-state index in [0.717, 1.165) is 0 Å². The van der Waals surface area contributed by atoms with Gasteiger partial charge < -0.3 is 5.32 Å². The molecule has 0 amide bonds. The van der Waals surface area contributed by atoms with E-state index in [1.54, 1.807) is 31.2 Å². The van der Waals surface area contributed by atoms with Crippen LogP contribution in [0.15, 0.2) is 41.3 Å². The molecule has 0 aliphatic heterocycles. The molecule has 0 heterocycles.